The minimum atomic E-state index is -3.65. The smallest absolute Gasteiger partial charge is 0.240 e. The second-order valence-corrected chi connectivity index (χ2v) is 8.82. The summed E-state index contributed by atoms with van der Waals surface area (Å²) in [5.74, 6) is 0. The predicted molar refractivity (Wildman–Crippen MR) is 96.7 cm³/mol. The Morgan fingerprint density at radius 1 is 0.640 bits per heavy atom. The average molecular weight is 384 g/mol. The van der Waals surface area contributed by atoms with Crippen LogP contribution in [-0.2, 0) is 20.0 Å². The fourth-order valence-corrected chi connectivity index (χ4v) is 4.11. The molecule has 2 aromatic rings. The van der Waals surface area contributed by atoms with E-state index in [4.69, 9.17) is 11.5 Å². The van der Waals surface area contributed by atoms with Gasteiger partial charge in [0.1, 0.15) is 0 Å². The highest BCUT2D eigenvalue weighted by Gasteiger charge is 2.15. The summed E-state index contributed by atoms with van der Waals surface area (Å²) in [6.45, 7) is 0.188. The van der Waals surface area contributed by atoms with Crippen molar-refractivity contribution in [1.82, 2.24) is 9.44 Å². The summed E-state index contributed by atoms with van der Waals surface area (Å²) in [5.41, 5.74) is 12.0. The Bertz CT molecular complexity index is 832. The summed E-state index contributed by atoms with van der Waals surface area (Å²) in [6.07, 6.45) is 0.294. The zero-order valence-corrected chi connectivity index (χ0v) is 15.0. The largest absolute Gasteiger partial charge is 0.399 e. The number of benzene rings is 2. The number of nitrogens with two attached hydrogens (primary N) is 2. The van der Waals surface area contributed by atoms with E-state index in [1.165, 1.54) is 48.5 Å². The molecule has 0 aromatic heterocycles. The first-order chi connectivity index (χ1) is 11.7. The minimum Gasteiger partial charge on any atom is -0.399 e. The van der Waals surface area contributed by atoms with E-state index in [1.807, 2.05) is 0 Å². The third kappa shape index (κ3) is 5.43. The van der Waals surface area contributed by atoms with Gasteiger partial charge in [0.25, 0.3) is 0 Å². The zero-order valence-electron chi connectivity index (χ0n) is 13.3. The van der Waals surface area contributed by atoms with E-state index in [2.05, 4.69) is 9.44 Å². The molecule has 2 rings (SSSR count). The first-order valence-corrected chi connectivity index (χ1v) is 10.4. The first kappa shape index (κ1) is 19.2. The van der Waals surface area contributed by atoms with Gasteiger partial charge in [0, 0.05) is 24.5 Å². The van der Waals surface area contributed by atoms with Crippen LogP contribution in [0, 0.1) is 0 Å². The summed E-state index contributed by atoms with van der Waals surface area (Å²) in [7, 11) is -7.29. The number of sulfonamides is 2. The highest BCUT2D eigenvalue weighted by molar-refractivity contribution is 7.89. The molecule has 0 saturated heterocycles. The van der Waals surface area contributed by atoms with Crippen LogP contribution in [0.1, 0.15) is 6.42 Å². The third-order valence-corrected chi connectivity index (χ3v) is 6.27. The maximum atomic E-state index is 12.1. The Morgan fingerprint density at radius 3 is 1.28 bits per heavy atom. The topological polar surface area (TPSA) is 144 Å². The Morgan fingerprint density at radius 2 is 0.960 bits per heavy atom. The lowest BCUT2D eigenvalue weighted by Crippen LogP contribution is -2.30. The average Bonchev–Trinajstić information content (AvgIpc) is 2.55. The van der Waals surface area contributed by atoms with Crippen LogP contribution in [0.4, 0.5) is 11.4 Å². The van der Waals surface area contributed by atoms with E-state index < -0.39 is 20.0 Å². The number of nitrogens with one attached hydrogen (secondary N) is 2. The Labute approximate surface area is 147 Å². The highest BCUT2D eigenvalue weighted by Crippen LogP contribution is 2.12. The van der Waals surface area contributed by atoms with Gasteiger partial charge in [-0.25, -0.2) is 26.3 Å². The second kappa shape index (κ2) is 7.83. The highest BCUT2D eigenvalue weighted by atomic mass is 32.2. The molecule has 0 fully saturated rings. The fourth-order valence-electron chi connectivity index (χ4n) is 1.96. The SMILES string of the molecule is Nc1ccc(S(=O)(=O)NCCCNS(=O)(=O)c2ccc(N)cc2)cc1. The van der Waals surface area contributed by atoms with Crippen LogP contribution in [0.5, 0.6) is 0 Å². The zero-order chi connectivity index (χ0) is 18.5. The van der Waals surface area contributed by atoms with Gasteiger partial charge < -0.3 is 11.5 Å². The van der Waals surface area contributed by atoms with E-state index >= 15 is 0 Å². The molecular weight excluding hydrogens is 364 g/mol. The van der Waals surface area contributed by atoms with Gasteiger partial charge in [-0.3, -0.25) is 0 Å². The molecule has 2 aromatic carbocycles. The normalized spacial score (nSPS) is 12.2. The molecule has 6 N–H and O–H groups in total. The second-order valence-electron chi connectivity index (χ2n) is 5.29. The number of rotatable bonds is 8. The molecule has 136 valence electrons. The molecule has 0 heterocycles. The van der Waals surface area contributed by atoms with Gasteiger partial charge in [-0.2, -0.15) is 0 Å². The molecule has 0 aliphatic rings. The van der Waals surface area contributed by atoms with Gasteiger partial charge in [-0.1, -0.05) is 0 Å². The van der Waals surface area contributed by atoms with Crippen LogP contribution in [-0.4, -0.2) is 29.9 Å². The van der Waals surface area contributed by atoms with Crippen LogP contribution in [0.2, 0.25) is 0 Å². The molecule has 10 heteroatoms. The van der Waals surface area contributed by atoms with Gasteiger partial charge in [0.15, 0.2) is 0 Å². The molecular formula is C15H20N4O4S2. The molecule has 8 nitrogen and oxygen atoms in total. The van der Waals surface area contributed by atoms with E-state index in [9.17, 15) is 16.8 Å². The van der Waals surface area contributed by atoms with Crippen molar-refractivity contribution in [3.8, 4) is 0 Å². The van der Waals surface area contributed by atoms with Gasteiger partial charge in [-0.15, -0.1) is 0 Å². The van der Waals surface area contributed by atoms with Crippen molar-refractivity contribution in [2.45, 2.75) is 16.2 Å². The number of hydrogen-bond acceptors (Lipinski definition) is 6. The van der Waals surface area contributed by atoms with Crippen LogP contribution < -0.4 is 20.9 Å². The third-order valence-electron chi connectivity index (χ3n) is 3.32. The molecule has 25 heavy (non-hydrogen) atoms. The maximum absolute atomic E-state index is 12.1. The van der Waals surface area contributed by atoms with Crippen LogP contribution in [0.25, 0.3) is 0 Å². The van der Waals surface area contributed by atoms with E-state index in [1.54, 1.807) is 0 Å². The van der Waals surface area contributed by atoms with Gasteiger partial charge in [0.05, 0.1) is 9.79 Å². The van der Waals surface area contributed by atoms with E-state index in [-0.39, 0.29) is 22.9 Å². The number of anilines is 2. The minimum absolute atomic E-state index is 0.0942. The number of hydrogen-bond donors (Lipinski definition) is 4. The van der Waals surface area contributed by atoms with Crippen molar-refractivity contribution < 1.29 is 16.8 Å². The van der Waals surface area contributed by atoms with Crippen molar-refractivity contribution in [1.29, 1.82) is 0 Å². The molecule has 0 aliphatic heterocycles. The van der Waals surface area contributed by atoms with Crippen molar-refractivity contribution >= 4 is 31.4 Å². The molecule has 0 atom stereocenters. The first-order valence-electron chi connectivity index (χ1n) is 7.41. The van der Waals surface area contributed by atoms with Crippen LogP contribution in [0.3, 0.4) is 0 Å². The van der Waals surface area contributed by atoms with E-state index in [0.29, 0.717) is 17.8 Å². The van der Waals surface area contributed by atoms with Gasteiger partial charge in [-0.05, 0) is 55.0 Å². The molecule has 0 bridgehead atoms. The predicted octanol–water partition coefficient (Wildman–Crippen LogP) is 0.498. The monoisotopic (exact) mass is 384 g/mol. The molecule has 0 radical (unpaired) electrons. The summed E-state index contributed by atoms with van der Waals surface area (Å²) >= 11 is 0. The summed E-state index contributed by atoms with van der Waals surface area (Å²) in [4.78, 5) is 0.202. The van der Waals surface area contributed by atoms with E-state index in [0.717, 1.165) is 0 Å². The molecule has 0 unspecified atom stereocenters. The van der Waals surface area contributed by atoms with Crippen molar-refractivity contribution in [3.63, 3.8) is 0 Å². The lowest BCUT2D eigenvalue weighted by atomic mass is 10.3. The molecule has 0 saturated carbocycles. The van der Waals surface area contributed by atoms with Crippen molar-refractivity contribution in [2.24, 2.45) is 0 Å². The summed E-state index contributed by atoms with van der Waals surface area (Å²) in [5, 5.41) is 0. The van der Waals surface area contributed by atoms with Gasteiger partial charge >= 0.3 is 0 Å². The van der Waals surface area contributed by atoms with Crippen LogP contribution >= 0.6 is 0 Å². The van der Waals surface area contributed by atoms with Crippen molar-refractivity contribution in [3.05, 3.63) is 48.5 Å². The van der Waals surface area contributed by atoms with Crippen LogP contribution in [0.15, 0.2) is 58.3 Å². The quantitative estimate of drug-likeness (QED) is 0.385. The number of nitrogen functional groups attached to an aromatic ring is 2. The molecule has 0 aliphatic carbocycles. The summed E-state index contributed by atoms with van der Waals surface area (Å²) in [6, 6.07) is 11.6. The molecule has 0 amide bonds. The maximum Gasteiger partial charge on any atom is 0.240 e. The lowest BCUT2D eigenvalue weighted by molar-refractivity contribution is 0.572. The molecule has 0 spiro atoms. The Balaban J connectivity index is 1.83. The van der Waals surface area contributed by atoms with Gasteiger partial charge in [0.2, 0.25) is 20.0 Å². The Hall–Kier alpha value is -2.14. The van der Waals surface area contributed by atoms with Crippen molar-refractivity contribution in [2.75, 3.05) is 24.6 Å². The Kier molecular flexibility index (Phi) is 6.01. The standard InChI is InChI=1S/C15H20N4O4S2/c16-12-2-6-14(7-3-12)24(20,21)18-10-1-11-19-25(22,23)15-8-4-13(17)5-9-15/h2-9,18-19H,1,10-11,16-17H2. The fraction of sp³-hybridized carbons (Fsp3) is 0.200. The summed E-state index contributed by atoms with van der Waals surface area (Å²) < 4.78 is 53.0. The lowest BCUT2D eigenvalue weighted by Gasteiger charge is -2.09.